The molecule has 3 N–H and O–H groups in total. The summed E-state index contributed by atoms with van der Waals surface area (Å²) in [4.78, 5) is 16.2. The smallest absolute Gasteiger partial charge is 0.227 e. The molecule has 1 fully saturated rings. The summed E-state index contributed by atoms with van der Waals surface area (Å²) < 4.78 is 5.73. The van der Waals surface area contributed by atoms with Crippen molar-refractivity contribution in [3.8, 4) is 11.5 Å². The van der Waals surface area contributed by atoms with Crippen molar-refractivity contribution in [2.24, 2.45) is 11.7 Å². The summed E-state index contributed by atoms with van der Waals surface area (Å²) >= 11 is 0. The quantitative estimate of drug-likeness (QED) is 0.859. The van der Waals surface area contributed by atoms with Gasteiger partial charge in [-0.15, -0.1) is 24.8 Å². The average Bonchev–Trinajstić information content (AvgIpc) is 2.95. The molecule has 130 valence electrons. The molecule has 1 amide bonds. The zero-order chi connectivity index (χ0) is 15.4. The van der Waals surface area contributed by atoms with Gasteiger partial charge in [0.25, 0.3) is 0 Å². The van der Waals surface area contributed by atoms with Crippen LogP contribution in [0, 0.1) is 5.92 Å². The van der Waals surface area contributed by atoms with Gasteiger partial charge in [0, 0.05) is 36.1 Å². The number of amides is 1. The van der Waals surface area contributed by atoms with Crippen molar-refractivity contribution in [1.82, 2.24) is 4.98 Å². The SMILES string of the molecule is Cl.Cl.NC1CCC(C(=O)Nc2cccc(Oc3ccncc3)c2)C1. The van der Waals surface area contributed by atoms with Gasteiger partial charge in [-0.2, -0.15) is 0 Å². The fraction of sp³-hybridized carbons (Fsp3) is 0.294. The Morgan fingerprint density at radius 1 is 1.12 bits per heavy atom. The monoisotopic (exact) mass is 369 g/mol. The minimum Gasteiger partial charge on any atom is -0.457 e. The molecule has 1 aliphatic rings. The van der Waals surface area contributed by atoms with E-state index in [2.05, 4.69) is 10.3 Å². The van der Waals surface area contributed by atoms with E-state index < -0.39 is 0 Å². The van der Waals surface area contributed by atoms with Gasteiger partial charge in [0.15, 0.2) is 0 Å². The first-order chi connectivity index (χ1) is 10.7. The topological polar surface area (TPSA) is 77.2 Å². The second kappa shape index (κ2) is 9.47. The highest BCUT2D eigenvalue weighted by atomic mass is 35.5. The lowest BCUT2D eigenvalue weighted by molar-refractivity contribution is -0.119. The summed E-state index contributed by atoms with van der Waals surface area (Å²) in [5.74, 6) is 1.43. The molecule has 3 rings (SSSR count). The van der Waals surface area contributed by atoms with E-state index in [0.717, 1.165) is 24.9 Å². The summed E-state index contributed by atoms with van der Waals surface area (Å²) in [5.41, 5.74) is 6.59. The summed E-state index contributed by atoms with van der Waals surface area (Å²) in [7, 11) is 0. The molecule has 0 bridgehead atoms. The van der Waals surface area contributed by atoms with E-state index in [4.69, 9.17) is 10.5 Å². The number of pyridine rings is 1. The molecule has 5 nitrogen and oxygen atoms in total. The third kappa shape index (κ3) is 5.37. The van der Waals surface area contributed by atoms with Crippen LogP contribution in [0.2, 0.25) is 0 Å². The second-order valence-corrected chi connectivity index (χ2v) is 5.57. The molecule has 2 unspecified atom stereocenters. The number of nitrogens with two attached hydrogens (primary N) is 1. The molecule has 1 aromatic carbocycles. The zero-order valence-corrected chi connectivity index (χ0v) is 14.7. The van der Waals surface area contributed by atoms with Gasteiger partial charge in [-0.1, -0.05) is 6.07 Å². The number of anilines is 1. The number of rotatable bonds is 4. The number of nitrogens with zero attached hydrogens (tertiary/aromatic N) is 1. The molecule has 2 aromatic rings. The second-order valence-electron chi connectivity index (χ2n) is 5.57. The summed E-state index contributed by atoms with van der Waals surface area (Å²) in [6.07, 6.45) is 5.89. The van der Waals surface area contributed by atoms with E-state index >= 15 is 0 Å². The van der Waals surface area contributed by atoms with Crippen LogP contribution in [0.5, 0.6) is 11.5 Å². The number of hydrogen-bond acceptors (Lipinski definition) is 4. The molecule has 0 spiro atoms. The van der Waals surface area contributed by atoms with E-state index in [1.807, 2.05) is 24.3 Å². The number of carbonyl (C=O) groups excluding carboxylic acids is 1. The van der Waals surface area contributed by atoms with Crippen LogP contribution >= 0.6 is 24.8 Å². The molecule has 1 aromatic heterocycles. The van der Waals surface area contributed by atoms with E-state index in [9.17, 15) is 4.79 Å². The van der Waals surface area contributed by atoms with Crippen molar-refractivity contribution in [3.63, 3.8) is 0 Å². The third-order valence-electron chi connectivity index (χ3n) is 3.83. The lowest BCUT2D eigenvalue weighted by Crippen LogP contribution is -2.23. The number of benzene rings is 1. The van der Waals surface area contributed by atoms with E-state index in [0.29, 0.717) is 11.5 Å². The van der Waals surface area contributed by atoms with Crippen molar-refractivity contribution in [2.75, 3.05) is 5.32 Å². The number of carbonyl (C=O) groups is 1. The van der Waals surface area contributed by atoms with Gasteiger partial charge in [0.1, 0.15) is 11.5 Å². The highest BCUT2D eigenvalue weighted by Gasteiger charge is 2.27. The lowest BCUT2D eigenvalue weighted by atomic mass is 10.1. The Balaban J connectivity index is 0.00000144. The van der Waals surface area contributed by atoms with Crippen LogP contribution in [0.25, 0.3) is 0 Å². The molecule has 1 aliphatic carbocycles. The van der Waals surface area contributed by atoms with Crippen molar-refractivity contribution >= 4 is 36.4 Å². The molecular weight excluding hydrogens is 349 g/mol. The standard InChI is InChI=1S/C17H19N3O2.2ClH/c18-13-5-4-12(10-13)17(21)20-14-2-1-3-16(11-14)22-15-6-8-19-9-7-15;;/h1-3,6-9,11-13H,4-5,10,18H2,(H,20,21);2*1H. The van der Waals surface area contributed by atoms with Gasteiger partial charge < -0.3 is 15.8 Å². The Morgan fingerprint density at radius 3 is 2.54 bits per heavy atom. The molecule has 0 radical (unpaired) electrons. The fourth-order valence-corrected chi connectivity index (χ4v) is 2.68. The fourth-order valence-electron chi connectivity index (χ4n) is 2.68. The Labute approximate surface area is 153 Å². The number of ether oxygens (including phenoxy) is 1. The van der Waals surface area contributed by atoms with Crippen LogP contribution in [0.4, 0.5) is 5.69 Å². The first kappa shape index (κ1) is 20.2. The van der Waals surface area contributed by atoms with Crippen LogP contribution in [0.1, 0.15) is 19.3 Å². The van der Waals surface area contributed by atoms with E-state index in [-0.39, 0.29) is 42.7 Å². The normalized spacial score (nSPS) is 18.9. The van der Waals surface area contributed by atoms with Gasteiger partial charge in [0.2, 0.25) is 5.91 Å². The molecular formula is C17H21Cl2N3O2. The molecule has 0 saturated heterocycles. The molecule has 24 heavy (non-hydrogen) atoms. The summed E-state index contributed by atoms with van der Waals surface area (Å²) in [6.45, 7) is 0. The third-order valence-corrected chi connectivity index (χ3v) is 3.83. The van der Waals surface area contributed by atoms with Crippen LogP contribution in [0.15, 0.2) is 48.8 Å². The van der Waals surface area contributed by atoms with Gasteiger partial charge in [-0.25, -0.2) is 0 Å². The molecule has 1 saturated carbocycles. The van der Waals surface area contributed by atoms with Crippen LogP contribution in [0.3, 0.4) is 0 Å². The van der Waals surface area contributed by atoms with E-state index in [1.165, 1.54) is 0 Å². The number of nitrogens with one attached hydrogen (secondary N) is 1. The average molecular weight is 370 g/mol. The molecule has 2 atom stereocenters. The first-order valence-corrected chi connectivity index (χ1v) is 7.45. The van der Waals surface area contributed by atoms with Crippen molar-refractivity contribution < 1.29 is 9.53 Å². The van der Waals surface area contributed by atoms with Crippen molar-refractivity contribution in [3.05, 3.63) is 48.8 Å². The number of hydrogen-bond donors (Lipinski definition) is 2. The molecule has 7 heteroatoms. The predicted octanol–water partition coefficient (Wildman–Crippen LogP) is 3.78. The van der Waals surface area contributed by atoms with E-state index in [1.54, 1.807) is 24.5 Å². The van der Waals surface area contributed by atoms with Gasteiger partial charge in [-0.3, -0.25) is 9.78 Å². The lowest BCUT2D eigenvalue weighted by Gasteiger charge is -2.12. The summed E-state index contributed by atoms with van der Waals surface area (Å²) in [5, 5.41) is 2.94. The maximum Gasteiger partial charge on any atom is 0.227 e. The maximum absolute atomic E-state index is 12.2. The molecule has 0 aliphatic heterocycles. The van der Waals surface area contributed by atoms with Crippen LogP contribution < -0.4 is 15.8 Å². The predicted molar refractivity (Wildman–Crippen MR) is 99.2 cm³/mol. The van der Waals surface area contributed by atoms with Gasteiger partial charge in [0.05, 0.1) is 0 Å². The molecule has 1 heterocycles. The number of aromatic nitrogens is 1. The van der Waals surface area contributed by atoms with Gasteiger partial charge in [-0.05, 0) is 43.5 Å². The Hall–Kier alpha value is -1.82. The number of halogens is 2. The zero-order valence-electron chi connectivity index (χ0n) is 13.1. The van der Waals surface area contributed by atoms with Crippen molar-refractivity contribution in [2.45, 2.75) is 25.3 Å². The highest BCUT2D eigenvalue weighted by molar-refractivity contribution is 5.92. The van der Waals surface area contributed by atoms with Crippen LogP contribution in [-0.4, -0.2) is 16.9 Å². The minimum absolute atomic E-state index is 0. The van der Waals surface area contributed by atoms with Gasteiger partial charge >= 0.3 is 0 Å². The summed E-state index contributed by atoms with van der Waals surface area (Å²) in [6, 6.07) is 11.1. The Bertz CT molecular complexity index is 655. The highest BCUT2D eigenvalue weighted by Crippen LogP contribution is 2.27. The minimum atomic E-state index is 0. The van der Waals surface area contributed by atoms with Crippen LogP contribution in [-0.2, 0) is 4.79 Å². The first-order valence-electron chi connectivity index (χ1n) is 7.45. The largest absolute Gasteiger partial charge is 0.457 e. The van der Waals surface area contributed by atoms with Crippen molar-refractivity contribution in [1.29, 1.82) is 0 Å². The Morgan fingerprint density at radius 2 is 1.88 bits per heavy atom. The maximum atomic E-state index is 12.2. The Kier molecular flexibility index (Phi) is 7.98.